The number of aliphatic carboxylic acids is 1. The number of rotatable bonds is 3. The summed E-state index contributed by atoms with van der Waals surface area (Å²) in [6.07, 6.45) is 5.22. The van der Waals surface area contributed by atoms with Crippen molar-refractivity contribution in [3.63, 3.8) is 0 Å². The minimum absolute atomic E-state index is 0.0658. The predicted octanol–water partition coefficient (Wildman–Crippen LogP) is 3.67. The molecule has 0 spiro atoms. The summed E-state index contributed by atoms with van der Waals surface area (Å²) in [4.78, 5) is 26.4. The fourth-order valence-corrected chi connectivity index (χ4v) is 4.57. The van der Waals surface area contributed by atoms with Crippen molar-refractivity contribution in [3.05, 3.63) is 70.5 Å². The van der Waals surface area contributed by atoms with Crippen molar-refractivity contribution >= 4 is 22.8 Å². The first-order valence-electron chi connectivity index (χ1n) is 9.70. The Morgan fingerprint density at radius 1 is 1.11 bits per heavy atom. The number of benzene rings is 2. The van der Waals surface area contributed by atoms with Crippen molar-refractivity contribution in [1.29, 1.82) is 0 Å². The van der Waals surface area contributed by atoms with Gasteiger partial charge in [0.25, 0.3) is 0 Å². The molecular weight excluding hydrogens is 354 g/mol. The zero-order chi connectivity index (χ0) is 19.3. The van der Waals surface area contributed by atoms with E-state index in [2.05, 4.69) is 12.1 Å². The number of carbonyl (C=O) groups excluding carboxylic acids is 1. The Labute approximate surface area is 162 Å². The first kappa shape index (κ1) is 17.0. The number of nitrogens with zero attached hydrogens (tertiary/aromatic N) is 1. The summed E-state index contributed by atoms with van der Waals surface area (Å²) in [6, 6.07) is 11.7. The summed E-state index contributed by atoms with van der Waals surface area (Å²) < 4.78 is 5.71. The minimum Gasteiger partial charge on any atom is -0.481 e. The van der Waals surface area contributed by atoms with E-state index in [-0.39, 0.29) is 18.9 Å². The fraction of sp³-hybridized carbons (Fsp3) is 0.304. The topological polar surface area (TPSA) is 70.8 Å². The second kappa shape index (κ2) is 6.51. The van der Waals surface area contributed by atoms with E-state index in [1.54, 1.807) is 11.2 Å². The molecule has 0 saturated heterocycles. The fourth-order valence-electron chi connectivity index (χ4n) is 4.57. The van der Waals surface area contributed by atoms with Crippen LogP contribution in [0.15, 0.2) is 47.1 Å². The molecule has 2 heterocycles. The Bertz CT molecular complexity index is 1100. The highest BCUT2D eigenvalue weighted by molar-refractivity contribution is 5.89. The lowest BCUT2D eigenvalue weighted by atomic mass is 9.89. The van der Waals surface area contributed by atoms with Crippen LogP contribution in [0.2, 0.25) is 0 Å². The number of hydrogen-bond acceptors (Lipinski definition) is 3. The maximum absolute atomic E-state index is 13.0. The summed E-state index contributed by atoms with van der Waals surface area (Å²) in [7, 11) is 0. The molecule has 1 amide bonds. The van der Waals surface area contributed by atoms with Crippen molar-refractivity contribution in [2.75, 3.05) is 6.54 Å². The number of amides is 1. The molecule has 5 rings (SSSR count). The summed E-state index contributed by atoms with van der Waals surface area (Å²) >= 11 is 0. The number of carboxylic acids is 1. The summed E-state index contributed by atoms with van der Waals surface area (Å²) in [5.41, 5.74) is 6.11. The van der Waals surface area contributed by atoms with Crippen LogP contribution in [-0.4, -0.2) is 28.4 Å². The number of furan rings is 1. The molecule has 28 heavy (non-hydrogen) atoms. The number of carboxylic acid groups (broad SMARTS) is 1. The Balaban J connectivity index is 1.42. The zero-order valence-electron chi connectivity index (χ0n) is 15.5. The third-order valence-electron chi connectivity index (χ3n) is 6.06. The molecule has 5 nitrogen and oxygen atoms in total. The molecule has 142 valence electrons. The van der Waals surface area contributed by atoms with Crippen LogP contribution in [0, 0.1) is 0 Å². The Kier molecular flexibility index (Phi) is 3.97. The van der Waals surface area contributed by atoms with E-state index >= 15 is 0 Å². The third kappa shape index (κ3) is 2.78. The largest absolute Gasteiger partial charge is 0.481 e. The van der Waals surface area contributed by atoms with Crippen LogP contribution in [-0.2, 0) is 35.4 Å². The minimum atomic E-state index is -0.894. The second-order valence-electron chi connectivity index (χ2n) is 7.77. The van der Waals surface area contributed by atoms with E-state index in [4.69, 9.17) is 4.42 Å². The van der Waals surface area contributed by atoms with Gasteiger partial charge in [-0.25, -0.2) is 0 Å². The van der Waals surface area contributed by atoms with Gasteiger partial charge in [-0.15, -0.1) is 0 Å². The van der Waals surface area contributed by atoms with Gasteiger partial charge in [0.2, 0.25) is 5.91 Å². The highest BCUT2D eigenvalue weighted by Crippen LogP contribution is 2.32. The van der Waals surface area contributed by atoms with Crippen LogP contribution >= 0.6 is 0 Å². The quantitative estimate of drug-likeness (QED) is 0.758. The Hall–Kier alpha value is -3.08. The lowest BCUT2D eigenvalue weighted by Gasteiger charge is -2.32. The maximum atomic E-state index is 13.0. The molecule has 0 fully saturated rings. The molecule has 1 unspecified atom stereocenters. The number of aryl methyl sites for hydroxylation is 2. The monoisotopic (exact) mass is 375 g/mol. The van der Waals surface area contributed by atoms with Gasteiger partial charge in [-0.3, -0.25) is 9.59 Å². The highest BCUT2D eigenvalue weighted by atomic mass is 16.4. The summed E-state index contributed by atoms with van der Waals surface area (Å²) in [5, 5.41) is 10.6. The van der Waals surface area contributed by atoms with Gasteiger partial charge in [0.15, 0.2) is 0 Å². The Morgan fingerprint density at radius 3 is 2.71 bits per heavy atom. The van der Waals surface area contributed by atoms with Gasteiger partial charge >= 0.3 is 5.97 Å². The molecule has 2 aliphatic rings. The van der Waals surface area contributed by atoms with Crippen molar-refractivity contribution in [3.8, 4) is 0 Å². The number of hydrogen-bond donors (Lipinski definition) is 1. The van der Waals surface area contributed by atoms with Gasteiger partial charge in [-0.2, -0.15) is 0 Å². The van der Waals surface area contributed by atoms with Crippen LogP contribution in [0.4, 0.5) is 0 Å². The first-order chi connectivity index (χ1) is 13.6. The molecule has 0 bridgehead atoms. The maximum Gasteiger partial charge on any atom is 0.312 e. The van der Waals surface area contributed by atoms with Gasteiger partial charge in [-0.1, -0.05) is 24.3 Å². The van der Waals surface area contributed by atoms with Crippen LogP contribution in [0.1, 0.15) is 40.2 Å². The summed E-state index contributed by atoms with van der Waals surface area (Å²) in [5.74, 6) is -1.64. The highest BCUT2D eigenvalue weighted by Gasteiger charge is 2.32. The standard InChI is InChI=1S/C23H21NO4/c25-22(24-11-16-4-1-2-7-18(16)20(12-24)23(26)27)10-17-13-28-21-9-15-6-3-5-14(15)8-19(17)21/h1-2,4,7-9,13,20H,3,5-6,10-12H2,(H,26,27). The van der Waals surface area contributed by atoms with Crippen LogP contribution < -0.4 is 0 Å². The average molecular weight is 375 g/mol. The molecule has 0 saturated carbocycles. The van der Waals surface area contributed by atoms with E-state index in [0.29, 0.717) is 6.54 Å². The van der Waals surface area contributed by atoms with E-state index in [9.17, 15) is 14.7 Å². The molecule has 0 radical (unpaired) electrons. The Morgan fingerprint density at radius 2 is 1.89 bits per heavy atom. The van der Waals surface area contributed by atoms with Crippen molar-refractivity contribution in [2.24, 2.45) is 0 Å². The number of fused-ring (bicyclic) bond motifs is 3. The van der Waals surface area contributed by atoms with Gasteiger partial charge in [0, 0.05) is 24.0 Å². The normalized spacial score (nSPS) is 18.1. The molecule has 1 aliphatic carbocycles. The molecule has 3 aromatic rings. The van der Waals surface area contributed by atoms with Crippen molar-refractivity contribution in [2.45, 2.75) is 38.1 Å². The van der Waals surface area contributed by atoms with Gasteiger partial charge in [-0.05, 0) is 53.6 Å². The van der Waals surface area contributed by atoms with E-state index in [0.717, 1.165) is 40.5 Å². The summed E-state index contributed by atoms with van der Waals surface area (Å²) in [6.45, 7) is 0.653. The third-order valence-corrected chi connectivity index (χ3v) is 6.06. The lowest BCUT2D eigenvalue weighted by Crippen LogP contribution is -2.41. The predicted molar refractivity (Wildman–Crippen MR) is 104 cm³/mol. The number of carbonyl (C=O) groups is 2. The van der Waals surface area contributed by atoms with Crippen molar-refractivity contribution in [1.82, 2.24) is 4.90 Å². The SMILES string of the molecule is O=C(O)C1CN(C(=O)Cc2coc3cc4c(cc23)CCC4)Cc2ccccc21. The second-order valence-corrected chi connectivity index (χ2v) is 7.77. The average Bonchev–Trinajstić information content (AvgIpc) is 3.31. The van der Waals surface area contributed by atoms with E-state index < -0.39 is 11.9 Å². The molecule has 1 aromatic heterocycles. The van der Waals surface area contributed by atoms with Crippen LogP contribution in [0.25, 0.3) is 11.0 Å². The van der Waals surface area contributed by atoms with Gasteiger partial charge < -0.3 is 14.4 Å². The van der Waals surface area contributed by atoms with E-state index in [1.165, 1.54) is 17.5 Å². The van der Waals surface area contributed by atoms with Crippen LogP contribution in [0.3, 0.4) is 0 Å². The lowest BCUT2D eigenvalue weighted by molar-refractivity contribution is -0.141. The smallest absolute Gasteiger partial charge is 0.312 e. The molecule has 5 heteroatoms. The molecule has 1 aliphatic heterocycles. The molecule has 1 N–H and O–H groups in total. The van der Waals surface area contributed by atoms with E-state index in [1.807, 2.05) is 24.3 Å². The molecular formula is C23H21NO4. The molecule has 2 aromatic carbocycles. The van der Waals surface area contributed by atoms with Crippen molar-refractivity contribution < 1.29 is 19.1 Å². The van der Waals surface area contributed by atoms with Gasteiger partial charge in [0.05, 0.1) is 18.6 Å². The zero-order valence-corrected chi connectivity index (χ0v) is 15.5. The molecule has 1 atom stereocenters. The van der Waals surface area contributed by atoms with Crippen LogP contribution in [0.5, 0.6) is 0 Å². The first-order valence-corrected chi connectivity index (χ1v) is 9.70. The van der Waals surface area contributed by atoms with Gasteiger partial charge in [0.1, 0.15) is 5.58 Å².